The van der Waals surface area contributed by atoms with Crippen LogP contribution in [0, 0.1) is 10.1 Å². The minimum absolute atomic E-state index is 0.0482. The zero-order chi connectivity index (χ0) is 21.4. The van der Waals surface area contributed by atoms with Crippen molar-refractivity contribution in [3.05, 3.63) is 69.3 Å². The molecule has 0 bridgehead atoms. The number of benzene rings is 2. The summed E-state index contributed by atoms with van der Waals surface area (Å²) in [4.78, 5) is 45.7. The Kier molecular flexibility index (Phi) is 7.24. The van der Waals surface area contributed by atoms with Crippen LogP contribution in [-0.2, 0) is 20.8 Å². The third kappa shape index (κ3) is 5.76. The average molecular weight is 401 g/mol. The number of hydrogen-bond donors (Lipinski definition) is 2. The molecular formula is C19H19N3O7. The maximum absolute atomic E-state index is 12.2. The Balaban J connectivity index is 1.90. The molecule has 0 spiro atoms. The highest BCUT2D eigenvalue weighted by molar-refractivity contribution is 5.97. The lowest BCUT2D eigenvalue weighted by molar-refractivity contribution is -0.384. The van der Waals surface area contributed by atoms with Gasteiger partial charge in [0.15, 0.2) is 6.61 Å². The fourth-order valence-corrected chi connectivity index (χ4v) is 2.37. The van der Waals surface area contributed by atoms with Gasteiger partial charge < -0.3 is 20.1 Å². The SMILES string of the molecule is CNc1ccc([N+](=O)[O-])cc1C(=O)OCC(=O)NCc1ccc(C(=O)OC)cc1. The third-order valence-corrected chi connectivity index (χ3v) is 3.90. The van der Waals surface area contributed by atoms with Crippen LogP contribution in [0.4, 0.5) is 11.4 Å². The second-order valence-electron chi connectivity index (χ2n) is 5.78. The van der Waals surface area contributed by atoms with E-state index in [0.717, 1.165) is 11.6 Å². The quantitative estimate of drug-likeness (QED) is 0.389. The zero-order valence-corrected chi connectivity index (χ0v) is 15.8. The molecule has 0 radical (unpaired) electrons. The summed E-state index contributed by atoms with van der Waals surface area (Å²) < 4.78 is 9.55. The predicted octanol–water partition coefficient (Wildman–Crippen LogP) is 1.90. The molecular weight excluding hydrogens is 382 g/mol. The first-order valence-electron chi connectivity index (χ1n) is 8.43. The number of amides is 1. The minimum Gasteiger partial charge on any atom is -0.465 e. The zero-order valence-electron chi connectivity index (χ0n) is 15.8. The van der Waals surface area contributed by atoms with Crippen LogP contribution in [0.15, 0.2) is 42.5 Å². The smallest absolute Gasteiger partial charge is 0.341 e. The number of carbonyl (C=O) groups is 3. The van der Waals surface area contributed by atoms with E-state index < -0.39 is 29.4 Å². The Morgan fingerprint density at radius 2 is 1.76 bits per heavy atom. The molecule has 0 saturated heterocycles. The number of rotatable bonds is 8. The molecule has 10 heteroatoms. The summed E-state index contributed by atoms with van der Waals surface area (Å²) in [6.45, 7) is -0.388. The molecule has 1 amide bonds. The van der Waals surface area contributed by atoms with E-state index in [-0.39, 0.29) is 17.8 Å². The van der Waals surface area contributed by atoms with Crippen molar-refractivity contribution in [3.8, 4) is 0 Å². The summed E-state index contributed by atoms with van der Waals surface area (Å²) in [6, 6.07) is 10.1. The van der Waals surface area contributed by atoms with Gasteiger partial charge in [0.05, 0.1) is 23.2 Å². The van der Waals surface area contributed by atoms with Crippen LogP contribution in [0.2, 0.25) is 0 Å². The number of methoxy groups -OCH3 is 1. The van der Waals surface area contributed by atoms with Crippen molar-refractivity contribution >= 4 is 29.2 Å². The molecule has 0 saturated carbocycles. The predicted molar refractivity (Wildman–Crippen MR) is 103 cm³/mol. The lowest BCUT2D eigenvalue weighted by atomic mass is 10.1. The standard InChI is InChI=1S/C19H19N3O7/c1-20-16-8-7-14(22(26)27)9-15(16)19(25)29-11-17(23)21-10-12-3-5-13(6-4-12)18(24)28-2/h3-9,20H,10-11H2,1-2H3,(H,21,23). The third-order valence-electron chi connectivity index (χ3n) is 3.90. The number of nitrogens with zero attached hydrogens (tertiary/aromatic N) is 1. The monoisotopic (exact) mass is 401 g/mol. The van der Waals surface area contributed by atoms with E-state index in [4.69, 9.17) is 4.74 Å². The first-order valence-corrected chi connectivity index (χ1v) is 8.43. The van der Waals surface area contributed by atoms with Gasteiger partial charge >= 0.3 is 11.9 Å². The fraction of sp³-hybridized carbons (Fsp3) is 0.211. The van der Waals surface area contributed by atoms with Crippen molar-refractivity contribution in [2.24, 2.45) is 0 Å². The highest BCUT2D eigenvalue weighted by atomic mass is 16.6. The maximum Gasteiger partial charge on any atom is 0.341 e. The summed E-state index contributed by atoms with van der Waals surface area (Å²) in [6.07, 6.45) is 0. The molecule has 0 aromatic heterocycles. The summed E-state index contributed by atoms with van der Waals surface area (Å²) in [5, 5.41) is 16.2. The van der Waals surface area contributed by atoms with E-state index in [1.54, 1.807) is 31.3 Å². The van der Waals surface area contributed by atoms with Crippen molar-refractivity contribution in [1.82, 2.24) is 5.32 Å². The molecule has 0 heterocycles. The van der Waals surface area contributed by atoms with E-state index in [2.05, 4.69) is 15.4 Å². The number of nitro groups is 1. The summed E-state index contributed by atoms with van der Waals surface area (Å²) in [5.41, 5.74) is 1.14. The van der Waals surface area contributed by atoms with E-state index in [9.17, 15) is 24.5 Å². The molecule has 2 rings (SSSR count). The van der Waals surface area contributed by atoms with Crippen LogP contribution in [0.1, 0.15) is 26.3 Å². The molecule has 2 aromatic carbocycles. The van der Waals surface area contributed by atoms with Gasteiger partial charge in [-0.2, -0.15) is 0 Å². The Bertz CT molecular complexity index is 926. The second-order valence-corrected chi connectivity index (χ2v) is 5.78. The summed E-state index contributed by atoms with van der Waals surface area (Å²) >= 11 is 0. The highest BCUT2D eigenvalue weighted by Gasteiger charge is 2.18. The minimum atomic E-state index is -0.865. The molecule has 0 aliphatic heterocycles. The van der Waals surface area contributed by atoms with Crippen molar-refractivity contribution < 1.29 is 28.8 Å². The number of non-ortho nitro benzene ring substituents is 1. The molecule has 0 atom stereocenters. The van der Waals surface area contributed by atoms with Gasteiger partial charge in [0.25, 0.3) is 11.6 Å². The Morgan fingerprint density at radius 1 is 1.07 bits per heavy atom. The molecule has 29 heavy (non-hydrogen) atoms. The molecule has 0 aliphatic carbocycles. The topological polar surface area (TPSA) is 137 Å². The van der Waals surface area contributed by atoms with Gasteiger partial charge in [-0.3, -0.25) is 14.9 Å². The van der Waals surface area contributed by atoms with Crippen LogP contribution >= 0.6 is 0 Å². The lowest BCUT2D eigenvalue weighted by Crippen LogP contribution is -2.28. The Hall–Kier alpha value is -3.95. The number of esters is 2. The van der Waals surface area contributed by atoms with Gasteiger partial charge in [0.1, 0.15) is 0 Å². The lowest BCUT2D eigenvalue weighted by Gasteiger charge is -2.10. The Morgan fingerprint density at radius 3 is 2.34 bits per heavy atom. The van der Waals surface area contributed by atoms with Crippen LogP contribution in [-0.4, -0.2) is 43.5 Å². The number of nitrogens with one attached hydrogen (secondary N) is 2. The van der Waals surface area contributed by atoms with Gasteiger partial charge in [-0.1, -0.05) is 12.1 Å². The molecule has 0 fully saturated rings. The van der Waals surface area contributed by atoms with E-state index >= 15 is 0 Å². The van der Waals surface area contributed by atoms with Gasteiger partial charge in [-0.05, 0) is 23.8 Å². The first kappa shape index (κ1) is 21.4. The molecule has 2 N–H and O–H groups in total. The van der Waals surface area contributed by atoms with E-state index in [0.29, 0.717) is 11.3 Å². The number of hydrogen-bond acceptors (Lipinski definition) is 8. The molecule has 10 nitrogen and oxygen atoms in total. The number of nitro benzene ring substituents is 1. The molecule has 0 aliphatic rings. The van der Waals surface area contributed by atoms with Crippen molar-refractivity contribution in [2.45, 2.75) is 6.54 Å². The number of anilines is 1. The van der Waals surface area contributed by atoms with Gasteiger partial charge in [-0.15, -0.1) is 0 Å². The Labute approximate surface area is 166 Å². The van der Waals surface area contributed by atoms with Crippen LogP contribution < -0.4 is 10.6 Å². The first-order chi connectivity index (χ1) is 13.8. The fourth-order valence-electron chi connectivity index (χ4n) is 2.37. The van der Waals surface area contributed by atoms with Crippen LogP contribution in [0.3, 0.4) is 0 Å². The molecule has 152 valence electrons. The number of ether oxygens (including phenoxy) is 2. The normalized spacial score (nSPS) is 10.0. The van der Waals surface area contributed by atoms with Gasteiger partial charge in [0, 0.05) is 31.4 Å². The maximum atomic E-state index is 12.2. The average Bonchev–Trinajstić information content (AvgIpc) is 2.75. The highest BCUT2D eigenvalue weighted by Crippen LogP contribution is 2.22. The van der Waals surface area contributed by atoms with E-state index in [1.165, 1.54) is 19.2 Å². The van der Waals surface area contributed by atoms with Crippen LogP contribution in [0.5, 0.6) is 0 Å². The van der Waals surface area contributed by atoms with Gasteiger partial charge in [-0.25, -0.2) is 9.59 Å². The number of carbonyl (C=O) groups excluding carboxylic acids is 3. The summed E-state index contributed by atoms with van der Waals surface area (Å²) in [5.74, 6) is -1.88. The van der Waals surface area contributed by atoms with Gasteiger partial charge in [0.2, 0.25) is 0 Å². The van der Waals surface area contributed by atoms with Crippen molar-refractivity contribution in [3.63, 3.8) is 0 Å². The van der Waals surface area contributed by atoms with Crippen molar-refractivity contribution in [2.75, 3.05) is 26.1 Å². The van der Waals surface area contributed by atoms with Crippen LogP contribution in [0.25, 0.3) is 0 Å². The molecule has 2 aromatic rings. The second kappa shape index (κ2) is 9.83. The van der Waals surface area contributed by atoms with E-state index in [1.807, 2.05) is 0 Å². The summed E-state index contributed by atoms with van der Waals surface area (Å²) in [7, 11) is 2.83. The molecule has 0 unspecified atom stereocenters. The largest absolute Gasteiger partial charge is 0.465 e. The van der Waals surface area contributed by atoms with Crippen molar-refractivity contribution in [1.29, 1.82) is 0 Å².